The topological polar surface area (TPSA) is 153 Å². The molecule has 0 fully saturated rings. The Bertz CT molecular complexity index is 396. The van der Waals surface area contributed by atoms with Gasteiger partial charge in [-0.3, -0.25) is 19.3 Å². The first-order chi connectivity index (χ1) is 10.3. The highest BCUT2D eigenvalue weighted by Gasteiger charge is 2.28. The number of carbonyl (C=O) groups is 4. The van der Waals surface area contributed by atoms with Gasteiger partial charge in [-0.2, -0.15) is 0 Å². The van der Waals surface area contributed by atoms with Crippen LogP contribution in [0.4, 0.5) is 4.79 Å². The fourth-order valence-electron chi connectivity index (χ4n) is 1.81. The first kappa shape index (κ1) is 19.6. The molecule has 4 N–H and O–H groups in total. The number of unbranched alkanes of at least 4 members (excludes halogenated alkanes) is 1. The number of amides is 1. The number of alkyl carbamates (subject to hydrolysis) is 1. The quantitative estimate of drug-likeness (QED) is 0.367. The maximum atomic E-state index is 11.2. The zero-order valence-corrected chi connectivity index (χ0v) is 12.2. The maximum absolute atomic E-state index is 11.2. The molecule has 1 atom stereocenters. The number of carbonyl (C=O) groups excluding carboxylic acids is 1. The highest BCUT2D eigenvalue weighted by molar-refractivity contribution is 5.78. The summed E-state index contributed by atoms with van der Waals surface area (Å²) < 4.78 is 4.36. The summed E-state index contributed by atoms with van der Waals surface area (Å²) in [6.07, 6.45) is 0.288. The highest BCUT2D eigenvalue weighted by atomic mass is 16.5. The molecule has 0 aliphatic rings. The zero-order chi connectivity index (χ0) is 17.1. The number of carboxylic acids is 3. The van der Waals surface area contributed by atoms with Gasteiger partial charge in [0.1, 0.15) is 6.04 Å². The lowest BCUT2D eigenvalue weighted by molar-refractivity contribution is -0.149. The standard InChI is InChI=1S/C12H20N2O8/c1-22-12(21)13-5-3-2-4-8(11(19)20)14(6-9(15)16)7-10(17)18/h8H,2-7H2,1H3,(H,13,21)(H,15,16)(H,17,18)(H,19,20). The molecule has 0 bridgehead atoms. The van der Waals surface area contributed by atoms with Crippen molar-refractivity contribution in [2.24, 2.45) is 0 Å². The summed E-state index contributed by atoms with van der Waals surface area (Å²) in [6, 6.07) is -1.22. The summed E-state index contributed by atoms with van der Waals surface area (Å²) in [6.45, 7) is -1.08. The van der Waals surface area contributed by atoms with E-state index in [1.165, 1.54) is 7.11 Å². The fourth-order valence-corrected chi connectivity index (χ4v) is 1.81. The molecule has 0 aliphatic heterocycles. The van der Waals surface area contributed by atoms with Crippen LogP contribution in [-0.2, 0) is 19.1 Å². The average molecular weight is 320 g/mol. The van der Waals surface area contributed by atoms with Crippen LogP contribution in [0.25, 0.3) is 0 Å². The van der Waals surface area contributed by atoms with Crippen LogP contribution in [0.1, 0.15) is 19.3 Å². The second-order valence-corrected chi connectivity index (χ2v) is 4.46. The summed E-state index contributed by atoms with van der Waals surface area (Å²) >= 11 is 0. The number of aliphatic carboxylic acids is 3. The minimum absolute atomic E-state index is 0.0682. The van der Waals surface area contributed by atoms with Crippen LogP contribution < -0.4 is 5.32 Å². The third-order valence-corrected chi connectivity index (χ3v) is 2.76. The van der Waals surface area contributed by atoms with Gasteiger partial charge in [-0.1, -0.05) is 0 Å². The second kappa shape index (κ2) is 10.4. The Kier molecular flexibility index (Phi) is 9.27. The monoisotopic (exact) mass is 320 g/mol. The molecule has 10 nitrogen and oxygen atoms in total. The Morgan fingerprint density at radius 2 is 1.59 bits per heavy atom. The van der Waals surface area contributed by atoms with Crippen molar-refractivity contribution in [2.45, 2.75) is 25.3 Å². The minimum Gasteiger partial charge on any atom is -0.480 e. The van der Waals surface area contributed by atoms with E-state index in [2.05, 4.69) is 10.1 Å². The average Bonchev–Trinajstić information content (AvgIpc) is 2.40. The third-order valence-electron chi connectivity index (χ3n) is 2.76. The molecule has 10 heteroatoms. The van der Waals surface area contributed by atoms with E-state index < -0.39 is 43.1 Å². The van der Waals surface area contributed by atoms with Crippen LogP contribution in [0.15, 0.2) is 0 Å². The van der Waals surface area contributed by atoms with Crippen LogP contribution in [0.5, 0.6) is 0 Å². The fraction of sp³-hybridized carbons (Fsp3) is 0.667. The van der Waals surface area contributed by atoms with Gasteiger partial charge in [-0.15, -0.1) is 0 Å². The maximum Gasteiger partial charge on any atom is 0.406 e. The lowest BCUT2D eigenvalue weighted by atomic mass is 10.1. The van der Waals surface area contributed by atoms with Gasteiger partial charge in [0.15, 0.2) is 0 Å². The normalized spacial score (nSPS) is 11.7. The predicted octanol–water partition coefficient (Wildman–Crippen LogP) is -0.563. The van der Waals surface area contributed by atoms with Gasteiger partial charge in [0.2, 0.25) is 0 Å². The van der Waals surface area contributed by atoms with Crippen LogP contribution in [0.2, 0.25) is 0 Å². The summed E-state index contributed by atoms with van der Waals surface area (Å²) in [5.74, 6) is -3.90. The molecule has 0 saturated carbocycles. The van der Waals surface area contributed by atoms with E-state index in [0.29, 0.717) is 12.8 Å². The van der Waals surface area contributed by atoms with E-state index in [1.54, 1.807) is 0 Å². The van der Waals surface area contributed by atoms with Crippen molar-refractivity contribution in [3.05, 3.63) is 0 Å². The van der Waals surface area contributed by atoms with Gasteiger partial charge >= 0.3 is 24.0 Å². The molecule has 0 aromatic heterocycles. The Balaban J connectivity index is 4.47. The molecule has 1 unspecified atom stereocenters. The Hall–Kier alpha value is -2.36. The van der Waals surface area contributed by atoms with Gasteiger partial charge in [0.25, 0.3) is 0 Å². The van der Waals surface area contributed by atoms with Crippen LogP contribution in [0, 0.1) is 0 Å². The molecule has 0 radical (unpaired) electrons. The molecule has 0 saturated heterocycles. The van der Waals surface area contributed by atoms with Crippen molar-refractivity contribution >= 4 is 24.0 Å². The number of methoxy groups -OCH3 is 1. The van der Waals surface area contributed by atoms with E-state index in [4.69, 9.17) is 15.3 Å². The first-order valence-electron chi connectivity index (χ1n) is 6.50. The Morgan fingerprint density at radius 3 is 2.00 bits per heavy atom. The molecule has 0 heterocycles. The van der Waals surface area contributed by atoms with E-state index in [0.717, 1.165) is 4.90 Å². The SMILES string of the molecule is COC(=O)NCCCCC(C(=O)O)N(CC(=O)O)CC(=O)O. The molecule has 0 spiro atoms. The Labute approximate surface area is 126 Å². The van der Waals surface area contributed by atoms with Gasteiger partial charge in [-0.25, -0.2) is 4.79 Å². The first-order valence-corrected chi connectivity index (χ1v) is 6.50. The summed E-state index contributed by atoms with van der Waals surface area (Å²) in [4.78, 5) is 44.3. The lowest BCUT2D eigenvalue weighted by Gasteiger charge is -2.25. The minimum atomic E-state index is -1.31. The highest BCUT2D eigenvalue weighted by Crippen LogP contribution is 2.09. The largest absolute Gasteiger partial charge is 0.480 e. The number of nitrogens with one attached hydrogen (secondary N) is 1. The number of ether oxygens (including phenoxy) is 1. The number of hydrogen-bond acceptors (Lipinski definition) is 6. The lowest BCUT2D eigenvalue weighted by Crippen LogP contribution is -2.46. The van der Waals surface area contributed by atoms with Gasteiger partial charge in [0.05, 0.1) is 20.2 Å². The van der Waals surface area contributed by atoms with E-state index >= 15 is 0 Å². The van der Waals surface area contributed by atoms with E-state index in [9.17, 15) is 19.2 Å². The molecule has 0 rings (SSSR count). The molecular formula is C12H20N2O8. The van der Waals surface area contributed by atoms with Crippen molar-refractivity contribution in [1.82, 2.24) is 10.2 Å². The zero-order valence-electron chi connectivity index (χ0n) is 12.2. The van der Waals surface area contributed by atoms with Gasteiger partial charge in [0, 0.05) is 6.54 Å². The predicted molar refractivity (Wildman–Crippen MR) is 72.5 cm³/mol. The van der Waals surface area contributed by atoms with Crippen molar-refractivity contribution in [1.29, 1.82) is 0 Å². The van der Waals surface area contributed by atoms with Crippen LogP contribution in [-0.4, -0.2) is 77.0 Å². The number of nitrogens with zero attached hydrogens (tertiary/aromatic N) is 1. The van der Waals surface area contributed by atoms with Crippen molar-refractivity contribution in [3.63, 3.8) is 0 Å². The third kappa shape index (κ3) is 8.74. The van der Waals surface area contributed by atoms with Gasteiger partial charge in [-0.05, 0) is 19.3 Å². The van der Waals surface area contributed by atoms with Crippen LogP contribution >= 0.6 is 0 Å². The van der Waals surface area contributed by atoms with Crippen molar-refractivity contribution in [3.8, 4) is 0 Å². The second-order valence-electron chi connectivity index (χ2n) is 4.46. The van der Waals surface area contributed by atoms with Gasteiger partial charge < -0.3 is 25.4 Å². The van der Waals surface area contributed by atoms with Crippen molar-refractivity contribution in [2.75, 3.05) is 26.7 Å². The molecule has 1 amide bonds. The molecule has 22 heavy (non-hydrogen) atoms. The van der Waals surface area contributed by atoms with Crippen LogP contribution in [0.3, 0.4) is 0 Å². The van der Waals surface area contributed by atoms with Crippen molar-refractivity contribution < 1.29 is 39.2 Å². The molecular weight excluding hydrogens is 300 g/mol. The molecule has 0 aromatic carbocycles. The smallest absolute Gasteiger partial charge is 0.406 e. The Morgan fingerprint density at radius 1 is 1.05 bits per heavy atom. The molecule has 126 valence electrons. The number of hydrogen-bond donors (Lipinski definition) is 4. The van der Waals surface area contributed by atoms with E-state index in [-0.39, 0.29) is 13.0 Å². The summed E-state index contributed by atoms with van der Waals surface area (Å²) in [5, 5.41) is 29.0. The van der Waals surface area contributed by atoms with E-state index in [1.807, 2.05) is 0 Å². The summed E-state index contributed by atoms with van der Waals surface area (Å²) in [7, 11) is 1.21. The summed E-state index contributed by atoms with van der Waals surface area (Å²) in [5.41, 5.74) is 0. The molecule has 0 aromatic rings. The number of carboxylic acid groups (broad SMARTS) is 3. The number of rotatable bonds is 11. The molecule has 0 aliphatic carbocycles.